The number of benzene rings is 1. The molecule has 0 saturated heterocycles. The van der Waals surface area contributed by atoms with Crippen LogP contribution in [0.1, 0.15) is 65.5 Å². The third-order valence-corrected chi connectivity index (χ3v) is 5.43. The molecule has 0 fully saturated rings. The molecule has 1 aromatic heterocycles. The standard InChI is InChI=1S/C23H34N2O2/c1-17-9-10-18(2)19(15-17)7-5-6-8-22(27)21-12-11-20(25(21)4)13-14-23(3,24)16-26/h9-12,15,26H,5-8,13-14,16,24H2,1-4H3. The number of aliphatic hydroxyl groups is 1. The van der Waals surface area contributed by atoms with E-state index in [9.17, 15) is 9.90 Å². The van der Waals surface area contributed by atoms with Gasteiger partial charge in [0.2, 0.25) is 0 Å². The van der Waals surface area contributed by atoms with Crippen LogP contribution in [-0.4, -0.2) is 27.6 Å². The third kappa shape index (κ3) is 6.05. The van der Waals surface area contributed by atoms with Crippen molar-refractivity contribution in [2.24, 2.45) is 12.8 Å². The fourth-order valence-electron chi connectivity index (χ4n) is 3.38. The highest BCUT2D eigenvalue weighted by Crippen LogP contribution is 2.18. The van der Waals surface area contributed by atoms with E-state index in [0.29, 0.717) is 12.8 Å². The van der Waals surface area contributed by atoms with E-state index in [1.54, 1.807) is 0 Å². The summed E-state index contributed by atoms with van der Waals surface area (Å²) in [6.07, 6.45) is 4.96. The predicted octanol–water partition coefficient (Wildman–Crippen LogP) is 3.88. The summed E-state index contributed by atoms with van der Waals surface area (Å²) in [7, 11) is 1.94. The molecule has 0 aliphatic carbocycles. The van der Waals surface area contributed by atoms with Crippen LogP contribution in [0.25, 0.3) is 0 Å². The maximum Gasteiger partial charge on any atom is 0.179 e. The molecule has 27 heavy (non-hydrogen) atoms. The highest BCUT2D eigenvalue weighted by molar-refractivity contribution is 5.94. The molecule has 0 aliphatic rings. The van der Waals surface area contributed by atoms with Gasteiger partial charge in [-0.1, -0.05) is 23.8 Å². The first kappa shape index (κ1) is 21.4. The molecule has 0 saturated carbocycles. The molecule has 148 valence electrons. The summed E-state index contributed by atoms with van der Waals surface area (Å²) in [5.74, 6) is 0.197. The summed E-state index contributed by atoms with van der Waals surface area (Å²) >= 11 is 0. The molecule has 1 heterocycles. The average Bonchev–Trinajstić information content (AvgIpc) is 3.00. The van der Waals surface area contributed by atoms with Crippen LogP contribution >= 0.6 is 0 Å². The summed E-state index contributed by atoms with van der Waals surface area (Å²) in [6.45, 7) is 6.07. The molecule has 1 aromatic carbocycles. The Balaban J connectivity index is 1.85. The maximum absolute atomic E-state index is 12.6. The van der Waals surface area contributed by atoms with Crippen LogP contribution in [-0.2, 0) is 19.9 Å². The van der Waals surface area contributed by atoms with Gasteiger partial charge >= 0.3 is 0 Å². The number of aromatic nitrogens is 1. The Labute approximate surface area is 163 Å². The zero-order valence-electron chi connectivity index (χ0n) is 17.2. The van der Waals surface area contributed by atoms with Crippen molar-refractivity contribution in [1.82, 2.24) is 4.57 Å². The summed E-state index contributed by atoms with van der Waals surface area (Å²) in [4.78, 5) is 12.6. The molecular weight excluding hydrogens is 336 g/mol. The van der Waals surface area contributed by atoms with Crippen molar-refractivity contribution < 1.29 is 9.90 Å². The molecule has 0 aliphatic heterocycles. The number of unbranched alkanes of at least 4 members (excludes halogenated alkanes) is 1. The molecule has 0 spiro atoms. The summed E-state index contributed by atoms with van der Waals surface area (Å²) in [5, 5.41) is 9.28. The number of hydrogen-bond acceptors (Lipinski definition) is 3. The zero-order valence-corrected chi connectivity index (χ0v) is 17.2. The molecule has 3 N–H and O–H groups in total. The lowest BCUT2D eigenvalue weighted by molar-refractivity contribution is 0.0971. The smallest absolute Gasteiger partial charge is 0.179 e. The molecule has 2 rings (SSSR count). The van der Waals surface area contributed by atoms with Crippen molar-refractivity contribution in [3.8, 4) is 0 Å². The first-order chi connectivity index (χ1) is 12.7. The SMILES string of the molecule is Cc1ccc(C)c(CCCCC(=O)c2ccc(CCC(C)(N)CO)n2C)c1. The van der Waals surface area contributed by atoms with Gasteiger partial charge in [-0.3, -0.25) is 4.79 Å². The second-order valence-corrected chi connectivity index (χ2v) is 8.14. The molecule has 4 nitrogen and oxygen atoms in total. The van der Waals surface area contributed by atoms with Gasteiger partial charge in [0.25, 0.3) is 0 Å². The van der Waals surface area contributed by atoms with Crippen molar-refractivity contribution in [3.63, 3.8) is 0 Å². The lowest BCUT2D eigenvalue weighted by atomic mass is 9.97. The number of Topliss-reactive ketones (excluding diaryl/α,β-unsaturated/α-hetero) is 1. The van der Waals surface area contributed by atoms with Gasteiger partial charge < -0.3 is 15.4 Å². The van der Waals surface area contributed by atoms with Crippen LogP contribution in [0.4, 0.5) is 0 Å². The van der Waals surface area contributed by atoms with Crippen LogP contribution < -0.4 is 5.73 Å². The van der Waals surface area contributed by atoms with Crippen molar-refractivity contribution in [2.45, 2.75) is 64.8 Å². The molecule has 1 atom stereocenters. The molecule has 0 amide bonds. The fraction of sp³-hybridized carbons (Fsp3) is 0.522. The average molecular weight is 371 g/mol. The minimum Gasteiger partial charge on any atom is -0.394 e. The van der Waals surface area contributed by atoms with E-state index in [4.69, 9.17) is 5.73 Å². The van der Waals surface area contributed by atoms with Crippen molar-refractivity contribution >= 4 is 5.78 Å². The van der Waals surface area contributed by atoms with Crippen molar-refractivity contribution in [3.05, 3.63) is 58.4 Å². The first-order valence-electron chi connectivity index (χ1n) is 9.87. The Morgan fingerprint density at radius 3 is 2.59 bits per heavy atom. The summed E-state index contributed by atoms with van der Waals surface area (Å²) in [5.41, 5.74) is 11.3. The monoisotopic (exact) mass is 370 g/mol. The van der Waals surface area contributed by atoms with E-state index in [2.05, 4.69) is 32.0 Å². The molecule has 0 radical (unpaired) electrons. The van der Waals surface area contributed by atoms with Gasteiger partial charge in [0, 0.05) is 24.7 Å². The Hall–Kier alpha value is -1.91. The van der Waals surface area contributed by atoms with E-state index >= 15 is 0 Å². The van der Waals surface area contributed by atoms with E-state index < -0.39 is 5.54 Å². The number of rotatable bonds is 10. The normalized spacial score (nSPS) is 13.6. The van der Waals surface area contributed by atoms with Crippen LogP contribution in [0.3, 0.4) is 0 Å². The van der Waals surface area contributed by atoms with Crippen LogP contribution in [0.15, 0.2) is 30.3 Å². The maximum atomic E-state index is 12.6. The van der Waals surface area contributed by atoms with Gasteiger partial charge in [0.1, 0.15) is 0 Å². The lowest BCUT2D eigenvalue weighted by Gasteiger charge is -2.21. The van der Waals surface area contributed by atoms with E-state index in [1.807, 2.05) is 30.7 Å². The number of aryl methyl sites for hydroxylation is 4. The Morgan fingerprint density at radius 2 is 1.89 bits per heavy atom. The minimum absolute atomic E-state index is 0.0381. The zero-order chi connectivity index (χ0) is 20.0. The van der Waals surface area contributed by atoms with E-state index in [-0.39, 0.29) is 12.4 Å². The van der Waals surface area contributed by atoms with Gasteiger partial charge in [-0.15, -0.1) is 0 Å². The van der Waals surface area contributed by atoms with E-state index in [0.717, 1.165) is 37.1 Å². The number of nitrogens with two attached hydrogens (primary N) is 1. The summed E-state index contributed by atoms with van der Waals surface area (Å²) in [6, 6.07) is 10.5. The van der Waals surface area contributed by atoms with E-state index in [1.165, 1.54) is 16.7 Å². The van der Waals surface area contributed by atoms with Crippen molar-refractivity contribution in [1.29, 1.82) is 0 Å². The molecule has 4 heteroatoms. The van der Waals surface area contributed by atoms with Gasteiger partial charge in [-0.05, 0) is 76.1 Å². The fourth-order valence-corrected chi connectivity index (χ4v) is 3.38. The minimum atomic E-state index is -0.581. The largest absolute Gasteiger partial charge is 0.394 e. The Kier molecular flexibility index (Phi) is 7.40. The van der Waals surface area contributed by atoms with Crippen molar-refractivity contribution in [2.75, 3.05) is 6.61 Å². The molecule has 1 unspecified atom stereocenters. The van der Waals surface area contributed by atoms with Gasteiger partial charge in [-0.2, -0.15) is 0 Å². The quantitative estimate of drug-likeness (QED) is 0.493. The lowest BCUT2D eigenvalue weighted by Crippen LogP contribution is -2.40. The first-order valence-corrected chi connectivity index (χ1v) is 9.87. The number of nitrogens with zero attached hydrogens (tertiary/aromatic N) is 1. The molecule has 2 aromatic rings. The van der Waals surface area contributed by atoms with Crippen LogP contribution in [0.2, 0.25) is 0 Å². The predicted molar refractivity (Wildman–Crippen MR) is 111 cm³/mol. The molecular formula is C23H34N2O2. The van der Waals surface area contributed by atoms with Gasteiger partial charge in [-0.25, -0.2) is 0 Å². The number of ketones is 1. The third-order valence-electron chi connectivity index (χ3n) is 5.43. The Morgan fingerprint density at radius 1 is 1.15 bits per heavy atom. The number of carbonyl (C=O) groups excluding carboxylic acids is 1. The summed E-state index contributed by atoms with van der Waals surface area (Å²) < 4.78 is 1.97. The van der Waals surface area contributed by atoms with Crippen LogP contribution in [0.5, 0.6) is 0 Å². The van der Waals surface area contributed by atoms with Crippen LogP contribution in [0, 0.1) is 13.8 Å². The van der Waals surface area contributed by atoms with Gasteiger partial charge in [0.05, 0.1) is 12.3 Å². The second-order valence-electron chi connectivity index (χ2n) is 8.14. The number of aliphatic hydroxyl groups excluding tert-OH is 1. The number of hydrogen-bond donors (Lipinski definition) is 2. The Bertz CT molecular complexity index is 775. The molecule has 0 bridgehead atoms. The highest BCUT2D eigenvalue weighted by atomic mass is 16.3. The topological polar surface area (TPSA) is 68.2 Å². The highest BCUT2D eigenvalue weighted by Gasteiger charge is 2.19. The second kappa shape index (κ2) is 9.34. The number of carbonyl (C=O) groups is 1. The van der Waals surface area contributed by atoms with Gasteiger partial charge in [0.15, 0.2) is 5.78 Å².